The van der Waals surface area contributed by atoms with Gasteiger partial charge in [-0.05, 0) is 6.42 Å². The minimum absolute atomic E-state index is 0.198. The summed E-state index contributed by atoms with van der Waals surface area (Å²) in [4.78, 5) is 23.0. The molecule has 144 valence electrons. The summed E-state index contributed by atoms with van der Waals surface area (Å²) in [5.41, 5.74) is 0. The van der Waals surface area contributed by atoms with Gasteiger partial charge in [0.15, 0.2) is 11.9 Å². The van der Waals surface area contributed by atoms with E-state index in [9.17, 15) is 24.9 Å². The van der Waals surface area contributed by atoms with Crippen LogP contribution in [0.4, 0.5) is 0 Å². The van der Waals surface area contributed by atoms with Gasteiger partial charge in [0, 0.05) is 6.42 Å². The molecule has 0 radical (unpaired) electrons. The zero-order chi connectivity index (χ0) is 18.7. The molecule has 25 heavy (non-hydrogen) atoms. The number of carbonyl (C=O) groups excluding carboxylic acids is 2. The third-order valence-corrected chi connectivity index (χ3v) is 4.22. The first-order valence-corrected chi connectivity index (χ1v) is 9.14. The van der Waals surface area contributed by atoms with Crippen LogP contribution in [0.15, 0.2) is 11.5 Å². The maximum Gasteiger partial charge on any atom is 0.378 e. The third kappa shape index (κ3) is 7.34. The van der Waals surface area contributed by atoms with Crippen LogP contribution >= 0.6 is 0 Å². The number of rotatable bonds is 13. The summed E-state index contributed by atoms with van der Waals surface area (Å²) in [6.07, 6.45) is 7.76. The highest BCUT2D eigenvalue weighted by atomic mass is 16.6. The first kappa shape index (κ1) is 21.3. The number of aliphatic hydroxyl groups excluding tert-OH is 3. The second-order valence-corrected chi connectivity index (χ2v) is 6.35. The Labute approximate surface area is 148 Å². The van der Waals surface area contributed by atoms with Crippen LogP contribution in [-0.2, 0) is 19.1 Å². The fourth-order valence-electron chi connectivity index (χ4n) is 2.72. The van der Waals surface area contributed by atoms with Gasteiger partial charge in [-0.2, -0.15) is 0 Å². The fraction of sp³-hybridized carbons (Fsp3) is 0.778. The van der Waals surface area contributed by atoms with Crippen LogP contribution in [0.1, 0.15) is 71.1 Å². The van der Waals surface area contributed by atoms with Crippen LogP contribution < -0.4 is 0 Å². The minimum atomic E-state index is -1.36. The molecule has 0 saturated heterocycles. The van der Waals surface area contributed by atoms with Gasteiger partial charge in [-0.1, -0.05) is 58.3 Å². The molecule has 0 amide bonds. The predicted octanol–water partition coefficient (Wildman–Crippen LogP) is 3.06. The van der Waals surface area contributed by atoms with Crippen LogP contribution in [0, 0.1) is 0 Å². The number of hydrogen-bond acceptors (Lipinski definition) is 7. The fourth-order valence-corrected chi connectivity index (χ4v) is 2.72. The van der Waals surface area contributed by atoms with Crippen molar-refractivity contribution in [2.45, 2.75) is 83.3 Å². The number of hydrogen-bond donors (Lipinski definition) is 3. The Bertz CT molecular complexity index is 458. The molecule has 1 heterocycles. The van der Waals surface area contributed by atoms with E-state index in [1.807, 2.05) is 0 Å². The minimum Gasteiger partial charge on any atom is -0.505 e. The van der Waals surface area contributed by atoms with Crippen molar-refractivity contribution >= 4 is 11.9 Å². The van der Waals surface area contributed by atoms with E-state index in [1.165, 1.54) is 32.1 Å². The van der Waals surface area contributed by atoms with E-state index >= 15 is 0 Å². The topological polar surface area (TPSA) is 113 Å². The second-order valence-electron chi connectivity index (χ2n) is 6.35. The van der Waals surface area contributed by atoms with E-state index in [-0.39, 0.29) is 6.42 Å². The normalized spacial score (nSPS) is 18.3. The summed E-state index contributed by atoms with van der Waals surface area (Å²) in [5.74, 6) is -3.27. The van der Waals surface area contributed by atoms with Crippen molar-refractivity contribution in [3.05, 3.63) is 11.5 Å². The summed E-state index contributed by atoms with van der Waals surface area (Å²) < 4.78 is 9.74. The average Bonchev–Trinajstić information content (AvgIpc) is 2.85. The second kappa shape index (κ2) is 11.7. The van der Waals surface area contributed by atoms with E-state index in [4.69, 9.17) is 4.74 Å². The molecule has 0 unspecified atom stereocenters. The van der Waals surface area contributed by atoms with Crippen LogP contribution in [0.2, 0.25) is 0 Å². The van der Waals surface area contributed by atoms with Gasteiger partial charge in [-0.3, -0.25) is 4.79 Å². The van der Waals surface area contributed by atoms with Gasteiger partial charge in [-0.15, -0.1) is 0 Å². The van der Waals surface area contributed by atoms with Crippen molar-refractivity contribution in [3.8, 4) is 0 Å². The summed E-state index contributed by atoms with van der Waals surface area (Å²) in [7, 11) is 0. The van der Waals surface area contributed by atoms with Crippen molar-refractivity contribution in [1.29, 1.82) is 0 Å². The molecule has 7 heteroatoms. The zero-order valence-corrected chi connectivity index (χ0v) is 14.9. The molecule has 1 aliphatic rings. The van der Waals surface area contributed by atoms with E-state index < -0.39 is 42.3 Å². The summed E-state index contributed by atoms with van der Waals surface area (Å²) in [5, 5.41) is 28.1. The van der Waals surface area contributed by atoms with Crippen molar-refractivity contribution in [2.75, 3.05) is 6.61 Å². The van der Waals surface area contributed by atoms with Crippen LogP contribution in [-0.4, -0.2) is 46.1 Å². The Hall–Kier alpha value is -1.76. The molecule has 0 aromatic heterocycles. The van der Waals surface area contributed by atoms with Crippen LogP contribution in [0.3, 0.4) is 0 Å². The monoisotopic (exact) mass is 358 g/mol. The molecule has 0 aromatic carbocycles. The number of aliphatic hydroxyl groups is 3. The molecule has 0 fully saturated rings. The SMILES string of the molecule is CCCCCCCCCCCC(=O)O[C@@H](CO)[C@H]1OC(=O)C(O)=C1O. The van der Waals surface area contributed by atoms with Gasteiger partial charge in [-0.25, -0.2) is 4.79 Å². The lowest BCUT2D eigenvalue weighted by molar-refractivity contribution is -0.165. The number of ether oxygens (including phenoxy) is 2. The Morgan fingerprint density at radius 2 is 1.64 bits per heavy atom. The standard InChI is InChI=1S/C18H30O7/c1-2-3-4-5-6-7-8-9-10-11-14(20)24-13(12-19)17-15(21)16(22)18(23)25-17/h13,17,19,21-22H,2-12H2,1H3/t13-,17+/m0/s1. The average molecular weight is 358 g/mol. The zero-order valence-electron chi connectivity index (χ0n) is 14.9. The molecule has 0 aromatic rings. The number of unbranched alkanes of at least 4 members (excludes halogenated alkanes) is 8. The van der Waals surface area contributed by atoms with E-state index in [0.717, 1.165) is 19.3 Å². The highest BCUT2D eigenvalue weighted by Gasteiger charge is 2.41. The van der Waals surface area contributed by atoms with Crippen molar-refractivity contribution < 1.29 is 34.4 Å². The highest BCUT2D eigenvalue weighted by molar-refractivity contribution is 5.89. The van der Waals surface area contributed by atoms with Crippen molar-refractivity contribution in [1.82, 2.24) is 0 Å². The van der Waals surface area contributed by atoms with Gasteiger partial charge in [0.25, 0.3) is 0 Å². The van der Waals surface area contributed by atoms with Crippen LogP contribution in [0.5, 0.6) is 0 Å². The smallest absolute Gasteiger partial charge is 0.378 e. The lowest BCUT2D eigenvalue weighted by Gasteiger charge is -2.20. The molecule has 1 aliphatic heterocycles. The third-order valence-electron chi connectivity index (χ3n) is 4.22. The maximum atomic E-state index is 11.8. The molecule has 0 bridgehead atoms. The Morgan fingerprint density at radius 3 is 2.12 bits per heavy atom. The summed E-state index contributed by atoms with van der Waals surface area (Å²) in [6.45, 7) is 1.57. The molecule has 0 saturated carbocycles. The number of cyclic esters (lactones) is 1. The van der Waals surface area contributed by atoms with Crippen molar-refractivity contribution in [3.63, 3.8) is 0 Å². The largest absolute Gasteiger partial charge is 0.505 e. The lowest BCUT2D eigenvalue weighted by Crippen LogP contribution is -2.36. The lowest BCUT2D eigenvalue weighted by atomic mass is 10.1. The molecular weight excluding hydrogens is 328 g/mol. The summed E-state index contributed by atoms with van der Waals surface area (Å²) in [6, 6.07) is 0. The van der Waals surface area contributed by atoms with Gasteiger partial charge in [0.05, 0.1) is 6.61 Å². The molecule has 0 aliphatic carbocycles. The van der Waals surface area contributed by atoms with E-state index in [1.54, 1.807) is 0 Å². The van der Waals surface area contributed by atoms with Gasteiger partial charge < -0.3 is 24.8 Å². The number of carbonyl (C=O) groups is 2. The summed E-state index contributed by atoms with van der Waals surface area (Å²) >= 11 is 0. The molecule has 7 nitrogen and oxygen atoms in total. The van der Waals surface area contributed by atoms with E-state index in [2.05, 4.69) is 11.7 Å². The Kier molecular flexibility index (Phi) is 9.99. The van der Waals surface area contributed by atoms with Gasteiger partial charge >= 0.3 is 11.9 Å². The highest BCUT2D eigenvalue weighted by Crippen LogP contribution is 2.23. The Morgan fingerprint density at radius 1 is 1.08 bits per heavy atom. The quantitative estimate of drug-likeness (QED) is 0.342. The van der Waals surface area contributed by atoms with E-state index in [0.29, 0.717) is 6.42 Å². The Balaban J connectivity index is 2.17. The molecule has 2 atom stereocenters. The molecule has 0 spiro atoms. The predicted molar refractivity (Wildman–Crippen MR) is 91.0 cm³/mol. The number of esters is 2. The van der Waals surface area contributed by atoms with Gasteiger partial charge in [0.1, 0.15) is 0 Å². The maximum absolute atomic E-state index is 11.8. The molecule has 3 N–H and O–H groups in total. The van der Waals surface area contributed by atoms with Crippen LogP contribution in [0.25, 0.3) is 0 Å². The first-order valence-electron chi connectivity index (χ1n) is 9.14. The molecular formula is C18H30O7. The van der Waals surface area contributed by atoms with Gasteiger partial charge in [0.2, 0.25) is 11.9 Å². The molecule has 1 rings (SSSR count). The first-order chi connectivity index (χ1) is 12.0. The van der Waals surface area contributed by atoms with Crippen molar-refractivity contribution in [2.24, 2.45) is 0 Å².